The van der Waals surface area contributed by atoms with Crippen molar-refractivity contribution in [2.75, 3.05) is 18.5 Å². The summed E-state index contributed by atoms with van der Waals surface area (Å²) in [7, 11) is 0. The number of nitrogens with zero attached hydrogens (tertiary/aromatic N) is 2. The fourth-order valence-corrected chi connectivity index (χ4v) is 4.45. The van der Waals surface area contributed by atoms with Gasteiger partial charge in [-0.15, -0.1) is 11.3 Å². The smallest absolute Gasteiger partial charge is 0.348 e. The number of nitrogens with one attached hydrogen (secondary N) is 1. The molecule has 1 amide bonds. The largest absolute Gasteiger partial charge is 0.462 e. The lowest BCUT2D eigenvalue weighted by Crippen LogP contribution is -2.18. The van der Waals surface area contributed by atoms with Crippen LogP contribution in [0, 0.1) is 20.8 Å². The van der Waals surface area contributed by atoms with Crippen molar-refractivity contribution in [1.29, 1.82) is 0 Å². The number of rotatable bonds is 8. The molecule has 0 saturated heterocycles. The molecule has 0 fully saturated rings. The summed E-state index contributed by atoms with van der Waals surface area (Å²) in [6.07, 6.45) is 3.36. The van der Waals surface area contributed by atoms with Crippen LogP contribution >= 0.6 is 11.3 Å². The Balaban J connectivity index is 1.92. The predicted molar refractivity (Wildman–Crippen MR) is 122 cm³/mol. The summed E-state index contributed by atoms with van der Waals surface area (Å²) in [5.74, 6) is -1.54. The third kappa shape index (κ3) is 4.57. The van der Waals surface area contributed by atoms with Crippen LogP contribution < -0.4 is 5.32 Å². The Labute approximate surface area is 189 Å². The molecule has 1 N–H and O–H groups in total. The van der Waals surface area contributed by atoms with Gasteiger partial charge in [-0.2, -0.15) is 0 Å². The highest BCUT2D eigenvalue weighted by atomic mass is 32.1. The number of anilines is 1. The maximum atomic E-state index is 12.9. The van der Waals surface area contributed by atoms with Gasteiger partial charge in [0.15, 0.2) is 0 Å². The number of pyridine rings is 1. The lowest BCUT2D eigenvalue weighted by atomic mass is 10.1. The molecule has 3 aromatic rings. The number of carbonyl (C=O) groups excluding carboxylic acids is 3. The number of aromatic nitrogens is 2. The molecule has 3 aromatic heterocycles. The second-order valence-electron chi connectivity index (χ2n) is 7.12. The number of esters is 2. The molecule has 0 aliphatic rings. The van der Waals surface area contributed by atoms with E-state index in [0.29, 0.717) is 5.56 Å². The Morgan fingerprint density at radius 3 is 2.66 bits per heavy atom. The SMILES string of the molecule is C=CCOC(=O)c1sc(NC(=O)Cc2c(C)nc3c(C)cccn23)c(C(=O)OCC)c1C. The summed E-state index contributed by atoms with van der Waals surface area (Å²) in [5, 5.41) is 3.03. The maximum absolute atomic E-state index is 12.9. The van der Waals surface area contributed by atoms with E-state index < -0.39 is 11.9 Å². The number of carbonyl (C=O) groups is 3. The van der Waals surface area contributed by atoms with Crippen molar-refractivity contribution in [2.45, 2.75) is 34.1 Å². The molecule has 0 radical (unpaired) electrons. The minimum absolute atomic E-state index is 0.0413. The Kier molecular flexibility index (Phi) is 7.09. The number of amides is 1. The molecule has 8 nitrogen and oxygen atoms in total. The van der Waals surface area contributed by atoms with E-state index in [1.807, 2.05) is 36.6 Å². The second-order valence-corrected chi connectivity index (χ2v) is 8.14. The van der Waals surface area contributed by atoms with Crippen molar-refractivity contribution in [3.05, 3.63) is 63.9 Å². The van der Waals surface area contributed by atoms with Crippen LogP contribution in [0.1, 0.15) is 49.5 Å². The molecular formula is C23H25N3O5S. The number of imidazole rings is 1. The zero-order chi connectivity index (χ0) is 23.4. The van der Waals surface area contributed by atoms with Gasteiger partial charge in [-0.3, -0.25) is 4.79 Å². The predicted octanol–water partition coefficient (Wildman–Crippen LogP) is 4.02. The molecule has 0 saturated carbocycles. The van der Waals surface area contributed by atoms with E-state index >= 15 is 0 Å². The van der Waals surface area contributed by atoms with E-state index in [1.165, 1.54) is 6.08 Å². The third-order valence-electron chi connectivity index (χ3n) is 4.87. The van der Waals surface area contributed by atoms with Gasteiger partial charge in [-0.1, -0.05) is 18.7 Å². The Hall–Kier alpha value is -3.46. The van der Waals surface area contributed by atoms with E-state index in [9.17, 15) is 14.4 Å². The van der Waals surface area contributed by atoms with Gasteiger partial charge in [0.05, 0.1) is 30.0 Å². The maximum Gasteiger partial charge on any atom is 0.348 e. The monoisotopic (exact) mass is 455 g/mol. The summed E-state index contributed by atoms with van der Waals surface area (Å²) in [5.41, 5.74) is 3.84. The Morgan fingerprint density at radius 1 is 1.22 bits per heavy atom. The second kappa shape index (κ2) is 9.78. The number of fused-ring (bicyclic) bond motifs is 1. The molecule has 0 bridgehead atoms. The van der Waals surface area contributed by atoms with Crippen molar-refractivity contribution < 1.29 is 23.9 Å². The highest BCUT2D eigenvalue weighted by molar-refractivity contribution is 7.18. The first-order valence-corrected chi connectivity index (χ1v) is 10.9. The number of aryl methyl sites for hydroxylation is 2. The van der Waals surface area contributed by atoms with Crippen molar-refractivity contribution in [1.82, 2.24) is 9.38 Å². The summed E-state index contributed by atoms with van der Waals surface area (Å²) in [6, 6.07) is 3.85. The summed E-state index contributed by atoms with van der Waals surface area (Å²) in [6.45, 7) is 10.8. The Morgan fingerprint density at radius 2 is 1.97 bits per heavy atom. The van der Waals surface area contributed by atoms with Gasteiger partial charge in [-0.05, 0) is 44.9 Å². The lowest BCUT2D eigenvalue weighted by Gasteiger charge is -2.08. The molecule has 3 heterocycles. The average Bonchev–Trinajstić information content (AvgIpc) is 3.24. The van der Waals surface area contributed by atoms with Gasteiger partial charge in [0.25, 0.3) is 0 Å². The molecule has 0 unspecified atom stereocenters. The van der Waals surface area contributed by atoms with E-state index in [0.717, 1.165) is 33.9 Å². The normalized spacial score (nSPS) is 10.8. The van der Waals surface area contributed by atoms with Crippen molar-refractivity contribution >= 4 is 39.8 Å². The van der Waals surface area contributed by atoms with Gasteiger partial charge in [0, 0.05) is 6.20 Å². The number of hydrogen-bond acceptors (Lipinski definition) is 7. The van der Waals surface area contributed by atoms with E-state index in [2.05, 4.69) is 16.9 Å². The van der Waals surface area contributed by atoms with Crippen molar-refractivity contribution in [2.24, 2.45) is 0 Å². The zero-order valence-corrected chi connectivity index (χ0v) is 19.3. The lowest BCUT2D eigenvalue weighted by molar-refractivity contribution is -0.115. The van der Waals surface area contributed by atoms with Crippen LogP contribution in [0.15, 0.2) is 31.0 Å². The molecule has 3 rings (SSSR count). The first kappa shape index (κ1) is 23.2. The zero-order valence-electron chi connectivity index (χ0n) is 18.5. The molecule has 9 heteroatoms. The minimum Gasteiger partial charge on any atom is -0.462 e. The van der Waals surface area contributed by atoms with Gasteiger partial charge < -0.3 is 19.2 Å². The summed E-state index contributed by atoms with van der Waals surface area (Å²) < 4.78 is 12.1. The molecule has 168 valence electrons. The number of hydrogen-bond donors (Lipinski definition) is 1. The molecule has 0 aromatic carbocycles. The van der Waals surface area contributed by atoms with Gasteiger partial charge in [0.1, 0.15) is 22.1 Å². The standard InChI is InChI=1S/C23H25N3O5S/c1-6-11-31-23(29)19-14(4)18(22(28)30-7-2)21(32-19)25-17(27)12-16-15(5)24-20-13(3)9-8-10-26(16)20/h6,8-10H,1,7,11-12H2,2-5H3,(H,25,27). The quantitative estimate of drug-likeness (QED) is 0.407. The fraction of sp³-hybridized carbons (Fsp3) is 0.304. The third-order valence-corrected chi connectivity index (χ3v) is 6.06. The molecule has 0 aliphatic heterocycles. The van der Waals surface area contributed by atoms with Crippen LogP contribution in [0.5, 0.6) is 0 Å². The van der Waals surface area contributed by atoms with E-state index in [4.69, 9.17) is 9.47 Å². The highest BCUT2D eigenvalue weighted by Gasteiger charge is 2.27. The molecule has 0 spiro atoms. The van der Waals surface area contributed by atoms with E-state index in [-0.39, 0.29) is 41.0 Å². The Bertz CT molecular complexity index is 1210. The van der Waals surface area contributed by atoms with Crippen LogP contribution in [0.4, 0.5) is 5.00 Å². The first-order chi connectivity index (χ1) is 15.3. The van der Waals surface area contributed by atoms with Crippen LogP contribution in [-0.2, 0) is 20.7 Å². The van der Waals surface area contributed by atoms with Crippen LogP contribution in [0.3, 0.4) is 0 Å². The minimum atomic E-state index is -0.610. The molecule has 32 heavy (non-hydrogen) atoms. The summed E-state index contributed by atoms with van der Waals surface area (Å²) >= 11 is 0.986. The van der Waals surface area contributed by atoms with Crippen LogP contribution in [-0.4, -0.2) is 40.4 Å². The van der Waals surface area contributed by atoms with Gasteiger partial charge in [0.2, 0.25) is 5.91 Å². The molecular weight excluding hydrogens is 430 g/mol. The molecule has 0 aliphatic carbocycles. The van der Waals surface area contributed by atoms with Gasteiger partial charge >= 0.3 is 11.9 Å². The first-order valence-electron chi connectivity index (χ1n) is 10.1. The highest BCUT2D eigenvalue weighted by Crippen LogP contribution is 2.34. The fourth-order valence-electron chi connectivity index (χ4n) is 3.35. The van der Waals surface area contributed by atoms with Crippen LogP contribution in [0.2, 0.25) is 0 Å². The van der Waals surface area contributed by atoms with Crippen molar-refractivity contribution in [3.8, 4) is 0 Å². The van der Waals surface area contributed by atoms with Crippen LogP contribution in [0.25, 0.3) is 5.65 Å². The number of thiophene rings is 1. The topological polar surface area (TPSA) is 99.0 Å². The average molecular weight is 456 g/mol. The summed E-state index contributed by atoms with van der Waals surface area (Å²) in [4.78, 5) is 42.7. The van der Waals surface area contributed by atoms with Crippen molar-refractivity contribution in [3.63, 3.8) is 0 Å². The van der Waals surface area contributed by atoms with Gasteiger partial charge in [-0.25, -0.2) is 14.6 Å². The number of ether oxygens (including phenoxy) is 2. The molecule has 0 atom stereocenters. The van der Waals surface area contributed by atoms with E-state index in [1.54, 1.807) is 13.8 Å².